The van der Waals surface area contributed by atoms with Crippen LogP contribution in [0.25, 0.3) is 0 Å². The molecular formula is C26H34N2O7. The Hall–Kier alpha value is -2.78. The Morgan fingerprint density at radius 1 is 1.31 bits per heavy atom. The highest BCUT2D eigenvalue weighted by Crippen LogP contribution is 2.65. The lowest BCUT2D eigenvalue weighted by Crippen LogP contribution is -2.74. The predicted octanol–water partition coefficient (Wildman–Crippen LogP) is 2.43. The number of carbonyl (C=O) groups excluding carboxylic acids is 2. The van der Waals surface area contributed by atoms with E-state index in [0.717, 1.165) is 17.7 Å². The van der Waals surface area contributed by atoms with E-state index in [1.165, 1.54) is 0 Å². The van der Waals surface area contributed by atoms with Gasteiger partial charge in [-0.25, -0.2) is 9.59 Å². The third-order valence-corrected chi connectivity index (χ3v) is 7.86. The number of hydrogen-bond acceptors (Lipinski definition) is 8. The molecule has 1 aromatic rings. The van der Waals surface area contributed by atoms with Crippen molar-refractivity contribution in [2.24, 2.45) is 0 Å². The number of nitrogens with one attached hydrogen (secondary N) is 1. The van der Waals surface area contributed by atoms with Crippen LogP contribution in [0.2, 0.25) is 0 Å². The van der Waals surface area contributed by atoms with Crippen molar-refractivity contribution in [1.29, 1.82) is 0 Å². The van der Waals surface area contributed by atoms with Crippen LogP contribution in [0.4, 0.5) is 4.79 Å². The largest absolute Gasteiger partial charge is 0.493 e. The van der Waals surface area contributed by atoms with Crippen LogP contribution in [0.3, 0.4) is 0 Å². The zero-order valence-electron chi connectivity index (χ0n) is 21.1. The van der Waals surface area contributed by atoms with E-state index >= 15 is 0 Å². The molecule has 2 heterocycles. The van der Waals surface area contributed by atoms with Crippen molar-refractivity contribution in [2.45, 2.75) is 81.8 Å². The molecule has 0 saturated carbocycles. The number of benzene rings is 1. The molecule has 1 aromatic carbocycles. The molecule has 0 unspecified atom stereocenters. The summed E-state index contributed by atoms with van der Waals surface area (Å²) in [5, 5.41) is 14.7. The monoisotopic (exact) mass is 486 g/mol. The minimum Gasteiger partial charge on any atom is -0.493 e. The second kappa shape index (κ2) is 7.86. The number of likely N-dealkylation sites (tertiary alicyclic amines) is 1. The molecule has 0 aromatic heterocycles. The van der Waals surface area contributed by atoms with Crippen LogP contribution in [-0.2, 0) is 26.1 Å². The number of likely N-dealkylation sites (N-methyl/N-ethyl adjacent to an activating group) is 1. The highest BCUT2D eigenvalue weighted by molar-refractivity contribution is 5.82. The SMILES string of the molecule is COc1ccc2c3c1O[C@H]1C(OC(=O)[C@H](C)NC(=O)OC(C)(C)C)=CC[C@@]4(O)[C@H](C2)N(C)CC[C@]314. The summed E-state index contributed by atoms with van der Waals surface area (Å²) in [6.45, 7) is 7.57. The average Bonchev–Trinajstić information content (AvgIpc) is 3.12. The number of methoxy groups -OCH3 is 1. The van der Waals surface area contributed by atoms with Crippen molar-refractivity contribution >= 4 is 12.1 Å². The number of amides is 1. The summed E-state index contributed by atoms with van der Waals surface area (Å²) >= 11 is 0. The maximum absolute atomic E-state index is 13.0. The summed E-state index contributed by atoms with van der Waals surface area (Å²) in [5.74, 6) is 0.931. The van der Waals surface area contributed by atoms with Crippen LogP contribution in [0.1, 0.15) is 51.7 Å². The maximum atomic E-state index is 13.0. The molecule has 5 atom stereocenters. The Kier molecular flexibility index (Phi) is 5.38. The summed E-state index contributed by atoms with van der Waals surface area (Å²) in [7, 11) is 3.63. The first-order chi connectivity index (χ1) is 16.4. The molecule has 190 valence electrons. The van der Waals surface area contributed by atoms with E-state index in [-0.39, 0.29) is 6.04 Å². The molecule has 35 heavy (non-hydrogen) atoms. The summed E-state index contributed by atoms with van der Waals surface area (Å²) in [6, 6.07) is 2.92. The number of rotatable bonds is 4. The summed E-state index contributed by atoms with van der Waals surface area (Å²) in [4.78, 5) is 27.3. The molecule has 9 heteroatoms. The molecule has 1 saturated heterocycles. The predicted molar refractivity (Wildman–Crippen MR) is 126 cm³/mol. The maximum Gasteiger partial charge on any atom is 0.408 e. The molecule has 2 bridgehead atoms. The molecule has 0 radical (unpaired) electrons. The standard InChI is InChI=1S/C26H34N2O7/c1-14(27-23(30)35-24(2,3)4)22(29)33-17-9-10-26(31)18-13-15-7-8-16(32-6)20-19(15)25(26,21(17)34-20)11-12-28(18)5/h7-9,14,18,21,31H,10-13H2,1-6H3,(H,27,30)/t14-,18-,21-,25-,26+/m0/s1. The average molecular weight is 487 g/mol. The Balaban J connectivity index is 1.47. The zero-order valence-corrected chi connectivity index (χ0v) is 21.1. The lowest BCUT2D eigenvalue weighted by atomic mass is 9.50. The second-order valence-electron chi connectivity index (χ2n) is 11.1. The number of aliphatic hydroxyl groups is 1. The zero-order chi connectivity index (χ0) is 25.3. The number of piperidine rings is 1. The fraction of sp³-hybridized carbons (Fsp3) is 0.615. The molecule has 1 fully saturated rings. The minimum atomic E-state index is -1.08. The third kappa shape index (κ3) is 3.42. The molecule has 1 spiro atoms. The van der Waals surface area contributed by atoms with Gasteiger partial charge in [0, 0.05) is 18.0 Å². The van der Waals surface area contributed by atoms with E-state index in [1.54, 1.807) is 40.9 Å². The van der Waals surface area contributed by atoms with Gasteiger partial charge in [-0.05, 0) is 71.8 Å². The Morgan fingerprint density at radius 3 is 2.74 bits per heavy atom. The number of nitrogens with zero attached hydrogens (tertiary/aromatic N) is 1. The van der Waals surface area contributed by atoms with Gasteiger partial charge >= 0.3 is 12.1 Å². The molecule has 4 aliphatic rings. The normalized spacial score (nSPS) is 31.5. The molecule has 2 N–H and O–H groups in total. The van der Waals surface area contributed by atoms with Gasteiger partial charge in [0.05, 0.1) is 18.1 Å². The van der Waals surface area contributed by atoms with Crippen molar-refractivity contribution in [3.05, 3.63) is 35.1 Å². The molecular weight excluding hydrogens is 452 g/mol. The van der Waals surface area contributed by atoms with Gasteiger partial charge in [0.2, 0.25) is 0 Å². The van der Waals surface area contributed by atoms with Crippen LogP contribution in [0.15, 0.2) is 24.0 Å². The van der Waals surface area contributed by atoms with Crippen molar-refractivity contribution < 1.29 is 33.6 Å². The van der Waals surface area contributed by atoms with Crippen molar-refractivity contribution in [1.82, 2.24) is 10.2 Å². The molecule has 2 aliphatic heterocycles. The Labute approximate surface area is 205 Å². The van der Waals surface area contributed by atoms with Crippen LogP contribution in [0.5, 0.6) is 11.5 Å². The smallest absolute Gasteiger partial charge is 0.408 e. The first-order valence-corrected chi connectivity index (χ1v) is 12.1. The fourth-order valence-corrected chi connectivity index (χ4v) is 6.34. The highest BCUT2D eigenvalue weighted by Gasteiger charge is 2.72. The number of ether oxygens (including phenoxy) is 4. The van der Waals surface area contributed by atoms with Gasteiger partial charge in [0.1, 0.15) is 17.4 Å². The number of hydrogen-bond donors (Lipinski definition) is 2. The summed E-state index contributed by atoms with van der Waals surface area (Å²) < 4.78 is 23.2. The van der Waals surface area contributed by atoms with E-state index < -0.39 is 40.8 Å². The molecule has 9 nitrogen and oxygen atoms in total. The summed E-state index contributed by atoms with van der Waals surface area (Å²) in [6.07, 6.45) is 2.06. The van der Waals surface area contributed by atoms with Crippen LogP contribution in [-0.4, -0.2) is 72.2 Å². The molecule has 2 aliphatic carbocycles. The van der Waals surface area contributed by atoms with E-state index in [1.807, 2.05) is 19.2 Å². The van der Waals surface area contributed by atoms with E-state index in [4.69, 9.17) is 18.9 Å². The van der Waals surface area contributed by atoms with Gasteiger partial charge in [-0.2, -0.15) is 0 Å². The molecule has 5 rings (SSSR count). The van der Waals surface area contributed by atoms with Gasteiger partial charge in [0.25, 0.3) is 0 Å². The van der Waals surface area contributed by atoms with Gasteiger partial charge < -0.3 is 34.3 Å². The fourth-order valence-electron chi connectivity index (χ4n) is 6.34. The Bertz CT molecular complexity index is 1110. The van der Waals surface area contributed by atoms with Crippen LogP contribution >= 0.6 is 0 Å². The number of alkyl carbamates (subject to hydrolysis) is 1. The minimum absolute atomic E-state index is 0.0875. The highest BCUT2D eigenvalue weighted by atomic mass is 16.6. The topological polar surface area (TPSA) is 107 Å². The van der Waals surface area contributed by atoms with Crippen molar-refractivity contribution in [3.8, 4) is 11.5 Å². The van der Waals surface area contributed by atoms with Gasteiger partial charge in [-0.1, -0.05) is 6.07 Å². The second-order valence-corrected chi connectivity index (χ2v) is 11.1. The summed E-state index contributed by atoms with van der Waals surface area (Å²) in [5.41, 5.74) is -0.429. The van der Waals surface area contributed by atoms with Crippen molar-refractivity contribution in [2.75, 3.05) is 20.7 Å². The first-order valence-electron chi connectivity index (χ1n) is 12.1. The third-order valence-electron chi connectivity index (χ3n) is 7.86. The van der Waals surface area contributed by atoms with Crippen molar-refractivity contribution in [3.63, 3.8) is 0 Å². The van der Waals surface area contributed by atoms with Crippen LogP contribution < -0.4 is 14.8 Å². The van der Waals surface area contributed by atoms with E-state index in [2.05, 4.69) is 10.2 Å². The Morgan fingerprint density at radius 2 is 2.06 bits per heavy atom. The van der Waals surface area contributed by atoms with Gasteiger partial charge in [-0.3, -0.25) is 0 Å². The number of esters is 1. The van der Waals surface area contributed by atoms with E-state index in [9.17, 15) is 14.7 Å². The lowest BCUT2D eigenvalue weighted by molar-refractivity contribution is -0.169. The number of carbonyl (C=O) groups is 2. The van der Waals surface area contributed by atoms with Gasteiger partial charge in [-0.15, -0.1) is 0 Å². The van der Waals surface area contributed by atoms with Crippen LogP contribution in [0, 0.1) is 0 Å². The lowest BCUT2D eigenvalue weighted by Gasteiger charge is -2.61. The first kappa shape index (κ1) is 23.9. The van der Waals surface area contributed by atoms with Gasteiger partial charge in [0.15, 0.2) is 17.6 Å². The van der Waals surface area contributed by atoms with E-state index in [0.29, 0.717) is 36.5 Å². The molecule has 1 amide bonds. The quantitative estimate of drug-likeness (QED) is 0.625.